The van der Waals surface area contributed by atoms with Crippen molar-refractivity contribution in [1.82, 2.24) is 4.98 Å². The molecule has 1 fully saturated rings. The number of carbonyl (C=O) groups excluding carboxylic acids is 1. The SMILES string of the molecule is COc1ccc(Oc2ccc(NC(=O)[C@@H]3CC[C@H](CN)O3)cn2)cc1. The lowest BCUT2D eigenvalue weighted by molar-refractivity contribution is -0.126. The third-order valence-electron chi connectivity index (χ3n) is 3.95. The molecular weight excluding hydrogens is 322 g/mol. The number of hydrogen-bond donors (Lipinski definition) is 2. The lowest BCUT2D eigenvalue weighted by Gasteiger charge is -2.12. The standard InChI is InChI=1S/C18H21N3O4/c1-23-13-3-5-14(6-4-13)25-17-9-2-12(11-20-17)21-18(22)16-8-7-15(10-19)24-16/h2-6,9,11,15-16H,7-8,10,19H2,1H3,(H,21,22)/t15-,16+/m1/s1. The molecule has 1 aliphatic heterocycles. The summed E-state index contributed by atoms with van der Waals surface area (Å²) in [5, 5.41) is 2.80. The van der Waals surface area contributed by atoms with Crippen LogP contribution in [0.5, 0.6) is 17.4 Å². The maximum absolute atomic E-state index is 12.2. The molecule has 1 amide bonds. The van der Waals surface area contributed by atoms with Crippen molar-refractivity contribution in [2.24, 2.45) is 5.73 Å². The van der Waals surface area contributed by atoms with Gasteiger partial charge in [0.1, 0.15) is 17.6 Å². The molecule has 0 radical (unpaired) electrons. The summed E-state index contributed by atoms with van der Waals surface area (Å²) in [4.78, 5) is 16.4. The molecule has 1 aliphatic rings. The Kier molecular flexibility index (Phi) is 5.47. The monoisotopic (exact) mass is 343 g/mol. The zero-order valence-corrected chi connectivity index (χ0v) is 14.0. The number of carbonyl (C=O) groups is 1. The fourth-order valence-corrected chi connectivity index (χ4v) is 2.57. The van der Waals surface area contributed by atoms with E-state index in [1.165, 1.54) is 0 Å². The van der Waals surface area contributed by atoms with Crippen molar-refractivity contribution in [3.8, 4) is 17.4 Å². The van der Waals surface area contributed by atoms with Crippen LogP contribution in [0, 0.1) is 0 Å². The molecule has 1 aromatic heterocycles. The normalized spacial score (nSPS) is 19.4. The molecule has 7 heteroatoms. The average molecular weight is 343 g/mol. The number of nitrogens with zero attached hydrogens (tertiary/aromatic N) is 1. The van der Waals surface area contributed by atoms with Gasteiger partial charge >= 0.3 is 0 Å². The van der Waals surface area contributed by atoms with E-state index in [1.807, 2.05) is 0 Å². The second-order valence-electron chi connectivity index (χ2n) is 5.71. The van der Waals surface area contributed by atoms with Gasteiger partial charge < -0.3 is 25.3 Å². The van der Waals surface area contributed by atoms with Gasteiger partial charge in [0.2, 0.25) is 5.88 Å². The van der Waals surface area contributed by atoms with E-state index in [0.29, 0.717) is 30.3 Å². The lowest BCUT2D eigenvalue weighted by Crippen LogP contribution is -2.29. The summed E-state index contributed by atoms with van der Waals surface area (Å²) in [6, 6.07) is 10.6. The summed E-state index contributed by atoms with van der Waals surface area (Å²) >= 11 is 0. The van der Waals surface area contributed by atoms with Gasteiger partial charge in [0.15, 0.2) is 0 Å². The van der Waals surface area contributed by atoms with E-state index in [-0.39, 0.29) is 12.0 Å². The molecule has 0 unspecified atom stereocenters. The predicted molar refractivity (Wildman–Crippen MR) is 92.9 cm³/mol. The number of hydrogen-bond acceptors (Lipinski definition) is 6. The molecule has 25 heavy (non-hydrogen) atoms. The van der Waals surface area contributed by atoms with Crippen LogP contribution in [-0.4, -0.2) is 36.8 Å². The number of ether oxygens (including phenoxy) is 3. The quantitative estimate of drug-likeness (QED) is 0.836. The molecule has 1 aromatic carbocycles. The van der Waals surface area contributed by atoms with E-state index in [2.05, 4.69) is 10.3 Å². The highest BCUT2D eigenvalue weighted by Gasteiger charge is 2.29. The van der Waals surface area contributed by atoms with Gasteiger partial charge in [-0.1, -0.05) is 0 Å². The van der Waals surface area contributed by atoms with Crippen molar-refractivity contribution >= 4 is 11.6 Å². The first-order valence-electron chi connectivity index (χ1n) is 8.12. The minimum absolute atomic E-state index is 0.0332. The maximum atomic E-state index is 12.2. The largest absolute Gasteiger partial charge is 0.497 e. The van der Waals surface area contributed by atoms with E-state index < -0.39 is 6.10 Å². The Hall–Kier alpha value is -2.64. The van der Waals surface area contributed by atoms with Crippen molar-refractivity contribution in [2.45, 2.75) is 25.0 Å². The Morgan fingerprint density at radius 2 is 2.00 bits per heavy atom. The number of aromatic nitrogens is 1. The maximum Gasteiger partial charge on any atom is 0.253 e. The summed E-state index contributed by atoms with van der Waals surface area (Å²) in [6.07, 6.45) is 2.55. The number of benzene rings is 1. The van der Waals surface area contributed by atoms with Crippen LogP contribution in [0.2, 0.25) is 0 Å². The van der Waals surface area contributed by atoms with Crippen LogP contribution in [0.4, 0.5) is 5.69 Å². The Morgan fingerprint density at radius 1 is 1.24 bits per heavy atom. The number of rotatable bonds is 6. The first kappa shape index (κ1) is 17.2. The molecule has 0 bridgehead atoms. The molecule has 7 nitrogen and oxygen atoms in total. The Balaban J connectivity index is 1.55. The van der Waals surface area contributed by atoms with Gasteiger partial charge in [0, 0.05) is 12.6 Å². The topological polar surface area (TPSA) is 95.7 Å². The number of nitrogens with one attached hydrogen (secondary N) is 1. The third kappa shape index (κ3) is 4.46. The van der Waals surface area contributed by atoms with Crippen LogP contribution in [0.3, 0.4) is 0 Å². The van der Waals surface area contributed by atoms with E-state index >= 15 is 0 Å². The second-order valence-corrected chi connectivity index (χ2v) is 5.71. The molecule has 0 aliphatic carbocycles. The second kappa shape index (κ2) is 7.96. The van der Waals surface area contributed by atoms with Crippen molar-refractivity contribution in [3.05, 3.63) is 42.6 Å². The van der Waals surface area contributed by atoms with Gasteiger partial charge in [-0.05, 0) is 43.2 Å². The van der Waals surface area contributed by atoms with Gasteiger partial charge in [0.25, 0.3) is 5.91 Å². The minimum atomic E-state index is -0.455. The molecular formula is C18H21N3O4. The highest BCUT2D eigenvalue weighted by molar-refractivity contribution is 5.94. The molecule has 3 rings (SSSR count). The molecule has 3 N–H and O–H groups in total. The lowest BCUT2D eigenvalue weighted by atomic mass is 10.2. The van der Waals surface area contributed by atoms with Gasteiger partial charge in [-0.15, -0.1) is 0 Å². The molecule has 132 valence electrons. The summed E-state index contributed by atoms with van der Waals surface area (Å²) in [5.74, 6) is 1.66. The Labute approximate surface area is 146 Å². The van der Waals surface area contributed by atoms with Crippen molar-refractivity contribution in [1.29, 1.82) is 0 Å². The predicted octanol–water partition coefficient (Wildman–Crippen LogP) is 2.33. The number of anilines is 1. The number of nitrogens with two attached hydrogens (primary N) is 1. The summed E-state index contributed by atoms with van der Waals surface area (Å²) in [6.45, 7) is 0.433. The van der Waals surface area contributed by atoms with Crippen LogP contribution in [0.1, 0.15) is 12.8 Å². The van der Waals surface area contributed by atoms with Crippen LogP contribution in [0.15, 0.2) is 42.6 Å². The first-order valence-corrected chi connectivity index (χ1v) is 8.12. The van der Waals surface area contributed by atoms with Crippen LogP contribution < -0.4 is 20.5 Å². The molecule has 1 saturated heterocycles. The third-order valence-corrected chi connectivity index (χ3v) is 3.95. The van der Waals surface area contributed by atoms with Gasteiger partial charge in [-0.2, -0.15) is 0 Å². The van der Waals surface area contributed by atoms with Crippen molar-refractivity contribution < 1.29 is 19.0 Å². The summed E-state index contributed by atoms with van der Waals surface area (Å²) < 4.78 is 16.3. The fourth-order valence-electron chi connectivity index (χ4n) is 2.57. The molecule has 2 atom stereocenters. The molecule has 0 saturated carbocycles. The van der Waals surface area contributed by atoms with Gasteiger partial charge in [-0.25, -0.2) is 4.98 Å². The molecule has 0 spiro atoms. The molecule has 2 heterocycles. The minimum Gasteiger partial charge on any atom is -0.497 e. The Bertz CT molecular complexity index is 703. The number of amides is 1. The van der Waals surface area contributed by atoms with E-state index in [9.17, 15) is 4.79 Å². The fraction of sp³-hybridized carbons (Fsp3) is 0.333. The zero-order valence-electron chi connectivity index (χ0n) is 14.0. The van der Waals surface area contributed by atoms with E-state index in [0.717, 1.165) is 12.2 Å². The summed E-state index contributed by atoms with van der Waals surface area (Å²) in [7, 11) is 1.61. The summed E-state index contributed by atoms with van der Waals surface area (Å²) in [5.41, 5.74) is 6.15. The smallest absolute Gasteiger partial charge is 0.253 e. The van der Waals surface area contributed by atoms with Gasteiger partial charge in [0.05, 0.1) is 25.1 Å². The highest BCUT2D eigenvalue weighted by atomic mass is 16.5. The highest BCUT2D eigenvalue weighted by Crippen LogP contribution is 2.24. The van der Waals surface area contributed by atoms with E-state index in [1.54, 1.807) is 49.7 Å². The van der Waals surface area contributed by atoms with Crippen LogP contribution >= 0.6 is 0 Å². The molecule has 2 aromatic rings. The van der Waals surface area contributed by atoms with Gasteiger partial charge in [-0.3, -0.25) is 4.79 Å². The van der Waals surface area contributed by atoms with Crippen molar-refractivity contribution in [3.63, 3.8) is 0 Å². The first-order chi connectivity index (χ1) is 12.2. The van der Waals surface area contributed by atoms with Crippen LogP contribution in [-0.2, 0) is 9.53 Å². The number of methoxy groups -OCH3 is 1. The van der Waals surface area contributed by atoms with Crippen LogP contribution in [0.25, 0.3) is 0 Å². The Morgan fingerprint density at radius 3 is 2.60 bits per heavy atom. The van der Waals surface area contributed by atoms with E-state index in [4.69, 9.17) is 19.9 Å². The average Bonchev–Trinajstić information content (AvgIpc) is 3.13. The van der Waals surface area contributed by atoms with Crippen molar-refractivity contribution in [2.75, 3.05) is 19.0 Å². The zero-order chi connectivity index (χ0) is 17.6. The number of pyridine rings is 1.